The monoisotopic (exact) mass is 506 g/mol. The largest absolute Gasteiger partial charge is 0.497 e. The van der Waals surface area contributed by atoms with E-state index in [0.29, 0.717) is 30.5 Å². The van der Waals surface area contributed by atoms with Gasteiger partial charge in [0, 0.05) is 38.9 Å². The van der Waals surface area contributed by atoms with Crippen molar-refractivity contribution < 1.29 is 14.6 Å². The molecule has 1 unspecified atom stereocenters. The number of aromatic amines is 1. The minimum absolute atomic E-state index is 0.0108. The third-order valence-corrected chi connectivity index (χ3v) is 6.57. The predicted molar refractivity (Wildman–Crippen MR) is 141 cm³/mol. The van der Waals surface area contributed by atoms with Crippen molar-refractivity contribution in [3.05, 3.63) is 75.4 Å². The second kappa shape index (κ2) is 10.4. The zero-order valence-corrected chi connectivity index (χ0v) is 20.8. The molecule has 0 aliphatic carbocycles. The van der Waals surface area contributed by atoms with E-state index < -0.39 is 17.4 Å². The zero-order valence-electron chi connectivity index (χ0n) is 20.8. The lowest BCUT2D eigenvalue weighted by molar-refractivity contribution is 0.0936. The molecule has 0 spiro atoms. The fourth-order valence-electron chi connectivity index (χ4n) is 4.57. The van der Waals surface area contributed by atoms with Gasteiger partial charge in [-0.3, -0.25) is 14.3 Å². The number of piperazine rings is 1. The molecule has 11 nitrogen and oxygen atoms in total. The van der Waals surface area contributed by atoms with E-state index in [2.05, 4.69) is 26.9 Å². The first-order chi connectivity index (χ1) is 17.9. The molecule has 0 saturated carbocycles. The molecule has 0 radical (unpaired) electrons. The molecule has 5 rings (SSSR count). The molecule has 37 heavy (non-hydrogen) atoms. The van der Waals surface area contributed by atoms with E-state index in [9.17, 15) is 14.7 Å². The summed E-state index contributed by atoms with van der Waals surface area (Å²) in [5.41, 5.74) is 0.596. The van der Waals surface area contributed by atoms with Crippen molar-refractivity contribution in [2.75, 3.05) is 49.7 Å². The maximum atomic E-state index is 12.8. The van der Waals surface area contributed by atoms with Gasteiger partial charge in [0.15, 0.2) is 11.2 Å². The number of hydrogen-bond donors (Lipinski definition) is 2. The molecular formula is C26H30N6O5. The summed E-state index contributed by atoms with van der Waals surface area (Å²) >= 11 is 0. The minimum atomic E-state index is -0.930. The first-order valence-corrected chi connectivity index (χ1v) is 12.1. The van der Waals surface area contributed by atoms with Crippen LogP contribution in [-0.2, 0) is 13.6 Å². The molecule has 3 heterocycles. The maximum absolute atomic E-state index is 12.8. The Balaban J connectivity index is 1.39. The van der Waals surface area contributed by atoms with Crippen LogP contribution in [0, 0.1) is 0 Å². The molecule has 11 heteroatoms. The van der Waals surface area contributed by atoms with Gasteiger partial charge in [0.05, 0.1) is 13.7 Å². The highest BCUT2D eigenvalue weighted by atomic mass is 16.5. The number of methoxy groups -OCH3 is 1. The number of benzene rings is 2. The van der Waals surface area contributed by atoms with Crippen LogP contribution in [0.1, 0.15) is 0 Å². The standard InChI is InChI=1S/C26H30N6O5/c1-29-23-22(24(34)28-26(29)35)32(16-19(33)17-37-21-10-8-20(36-2)9-11-21)25(27-23)31-14-12-30(13-15-31)18-6-4-3-5-7-18/h3-11,19,33H,12-17H2,1-2H3,(H,28,34,35). The van der Waals surface area contributed by atoms with Crippen molar-refractivity contribution in [1.82, 2.24) is 19.1 Å². The van der Waals surface area contributed by atoms with Gasteiger partial charge in [-0.2, -0.15) is 4.98 Å². The molecule has 1 fully saturated rings. The summed E-state index contributed by atoms with van der Waals surface area (Å²) in [6, 6.07) is 17.3. The lowest BCUT2D eigenvalue weighted by Crippen LogP contribution is -2.47. The van der Waals surface area contributed by atoms with Crippen molar-refractivity contribution in [2.24, 2.45) is 7.05 Å². The summed E-state index contributed by atoms with van der Waals surface area (Å²) in [6.45, 7) is 2.96. The summed E-state index contributed by atoms with van der Waals surface area (Å²) in [7, 11) is 3.16. The van der Waals surface area contributed by atoms with E-state index in [0.717, 1.165) is 18.8 Å². The average Bonchev–Trinajstić information content (AvgIpc) is 3.31. The number of rotatable bonds is 8. The van der Waals surface area contributed by atoms with Gasteiger partial charge in [0.2, 0.25) is 5.95 Å². The Morgan fingerprint density at radius 3 is 2.30 bits per heavy atom. The number of aliphatic hydroxyl groups excluding tert-OH is 1. The van der Waals surface area contributed by atoms with Crippen LogP contribution in [0.5, 0.6) is 11.5 Å². The minimum Gasteiger partial charge on any atom is -0.497 e. The highest BCUT2D eigenvalue weighted by Crippen LogP contribution is 2.24. The summed E-state index contributed by atoms with van der Waals surface area (Å²) in [6.07, 6.45) is -0.930. The number of fused-ring (bicyclic) bond motifs is 1. The molecule has 194 valence electrons. The molecule has 0 bridgehead atoms. The number of aliphatic hydroxyl groups is 1. The molecule has 2 aromatic carbocycles. The average molecular weight is 507 g/mol. The predicted octanol–water partition coefficient (Wildman–Crippen LogP) is 1.20. The normalized spacial score (nSPS) is 14.7. The number of ether oxygens (including phenoxy) is 2. The van der Waals surface area contributed by atoms with Gasteiger partial charge in [0.1, 0.15) is 24.2 Å². The summed E-state index contributed by atoms with van der Waals surface area (Å²) in [4.78, 5) is 36.5. The lowest BCUT2D eigenvalue weighted by Gasteiger charge is -2.36. The van der Waals surface area contributed by atoms with Crippen LogP contribution in [0.2, 0.25) is 0 Å². The van der Waals surface area contributed by atoms with Gasteiger partial charge in [-0.15, -0.1) is 0 Å². The van der Waals surface area contributed by atoms with Gasteiger partial charge >= 0.3 is 5.69 Å². The SMILES string of the molecule is COc1ccc(OCC(O)Cn2c(N3CCN(c4ccccc4)CC3)nc3c2c(=O)[nH]c(=O)n3C)cc1. The van der Waals surface area contributed by atoms with Gasteiger partial charge in [-0.25, -0.2) is 4.79 Å². The molecule has 1 aliphatic rings. The van der Waals surface area contributed by atoms with Gasteiger partial charge in [0.25, 0.3) is 5.56 Å². The molecule has 1 aliphatic heterocycles. The number of nitrogens with zero attached hydrogens (tertiary/aromatic N) is 5. The number of nitrogens with one attached hydrogen (secondary N) is 1. The first kappa shape index (κ1) is 24.4. The van der Waals surface area contributed by atoms with Crippen molar-refractivity contribution >= 4 is 22.8 Å². The summed E-state index contributed by atoms with van der Waals surface area (Å²) in [5.74, 6) is 1.84. The molecule has 0 amide bonds. The van der Waals surface area contributed by atoms with E-state index in [1.165, 1.54) is 4.57 Å². The second-order valence-corrected chi connectivity index (χ2v) is 8.96. The molecule has 1 atom stereocenters. The Morgan fingerprint density at radius 2 is 1.62 bits per heavy atom. The highest BCUT2D eigenvalue weighted by molar-refractivity contribution is 5.74. The van der Waals surface area contributed by atoms with Crippen LogP contribution in [0.25, 0.3) is 11.2 Å². The van der Waals surface area contributed by atoms with Gasteiger partial charge in [-0.05, 0) is 36.4 Å². The smallest absolute Gasteiger partial charge is 0.329 e. The van der Waals surface area contributed by atoms with Crippen LogP contribution in [-0.4, -0.2) is 70.2 Å². The van der Waals surface area contributed by atoms with E-state index >= 15 is 0 Å². The Kier molecular flexibility index (Phi) is 6.87. The third-order valence-electron chi connectivity index (χ3n) is 6.57. The van der Waals surface area contributed by atoms with Crippen molar-refractivity contribution in [1.29, 1.82) is 0 Å². The van der Waals surface area contributed by atoms with Crippen molar-refractivity contribution in [3.63, 3.8) is 0 Å². The summed E-state index contributed by atoms with van der Waals surface area (Å²) in [5, 5.41) is 10.9. The van der Waals surface area contributed by atoms with E-state index in [1.54, 1.807) is 43.0 Å². The van der Waals surface area contributed by atoms with E-state index in [-0.39, 0.29) is 24.3 Å². The number of hydrogen-bond acceptors (Lipinski definition) is 8. The van der Waals surface area contributed by atoms with Crippen LogP contribution in [0.3, 0.4) is 0 Å². The Morgan fingerprint density at radius 1 is 0.973 bits per heavy atom. The number of aromatic nitrogens is 4. The van der Waals surface area contributed by atoms with Gasteiger partial charge < -0.3 is 28.9 Å². The molecular weight excluding hydrogens is 476 g/mol. The fourth-order valence-corrected chi connectivity index (χ4v) is 4.57. The number of imidazole rings is 1. The molecule has 2 aromatic heterocycles. The topological polar surface area (TPSA) is 118 Å². The lowest BCUT2D eigenvalue weighted by atomic mass is 10.2. The highest BCUT2D eigenvalue weighted by Gasteiger charge is 2.26. The second-order valence-electron chi connectivity index (χ2n) is 8.96. The molecule has 4 aromatic rings. The maximum Gasteiger partial charge on any atom is 0.329 e. The Labute approximate surface area is 213 Å². The molecule has 2 N–H and O–H groups in total. The van der Waals surface area contributed by atoms with E-state index in [4.69, 9.17) is 14.5 Å². The van der Waals surface area contributed by atoms with Crippen molar-refractivity contribution in [3.8, 4) is 11.5 Å². The van der Waals surface area contributed by atoms with Crippen LogP contribution < -0.4 is 30.5 Å². The molecule has 1 saturated heterocycles. The quantitative estimate of drug-likeness (QED) is 0.366. The van der Waals surface area contributed by atoms with Crippen LogP contribution >= 0.6 is 0 Å². The van der Waals surface area contributed by atoms with Gasteiger partial charge in [-0.1, -0.05) is 18.2 Å². The Hall–Kier alpha value is -4.25. The van der Waals surface area contributed by atoms with E-state index in [1.807, 2.05) is 18.2 Å². The summed E-state index contributed by atoms with van der Waals surface area (Å²) < 4.78 is 13.9. The van der Waals surface area contributed by atoms with Crippen LogP contribution in [0.15, 0.2) is 64.2 Å². The van der Waals surface area contributed by atoms with Crippen LogP contribution in [0.4, 0.5) is 11.6 Å². The number of anilines is 2. The third kappa shape index (κ3) is 5.03. The number of H-pyrrole nitrogens is 1. The first-order valence-electron chi connectivity index (χ1n) is 12.1. The van der Waals surface area contributed by atoms with Crippen molar-refractivity contribution in [2.45, 2.75) is 12.6 Å². The zero-order chi connectivity index (χ0) is 25.9. The number of para-hydroxylation sites is 1. The fraction of sp³-hybridized carbons (Fsp3) is 0.346. The number of aryl methyl sites for hydroxylation is 1. The Bertz CT molecular complexity index is 1470.